The fraction of sp³-hybridized carbons (Fsp3) is 0.452. The Bertz CT molecular complexity index is 1220. The van der Waals surface area contributed by atoms with E-state index in [4.69, 9.17) is 7.48 Å². The molecule has 1 heterocycles. The van der Waals surface area contributed by atoms with Crippen LogP contribution in [0.2, 0.25) is 0 Å². The molecule has 208 valence electrons. The van der Waals surface area contributed by atoms with Crippen molar-refractivity contribution in [3.8, 4) is 0 Å². The molecule has 0 saturated carbocycles. The quantitative estimate of drug-likeness (QED) is 0.329. The van der Waals surface area contributed by atoms with Gasteiger partial charge in [-0.2, -0.15) is 0 Å². The summed E-state index contributed by atoms with van der Waals surface area (Å²) in [6.45, 7) is 1.74. The summed E-state index contributed by atoms with van der Waals surface area (Å²) >= 11 is 0. The Labute approximate surface area is 232 Å². The number of rotatable bonds is 15. The molecule has 2 N–H and O–H groups in total. The van der Waals surface area contributed by atoms with Gasteiger partial charge in [-0.15, -0.1) is 0 Å². The highest BCUT2D eigenvalue weighted by atomic mass is 16.5. The van der Waals surface area contributed by atoms with Crippen LogP contribution in [0.1, 0.15) is 59.8 Å². The van der Waals surface area contributed by atoms with E-state index >= 15 is 0 Å². The van der Waals surface area contributed by atoms with E-state index in [2.05, 4.69) is 10.6 Å². The molecule has 1 aliphatic rings. The van der Waals surface area contributed by atoms with Gasteiger partial charge in [0, 0.05) is 31.2 Å². The van der Waals surface area contributed by atoms with Crippen LogP contribution < -0.4 is 10.6 Å². The van der Waals surface area contributed by atoms with Crippen molar-refractivity contribution >= 4 is 29.4 Å². The van der Waals surface area contributed by atoms with E-state index in [-0.39, 0.29) is 43.1 Å². The maximum atomic E-state index is 13.5. The predicted octanol–water partition coefficient (Wildman–Crippen LogP) is 4.20. The number of amides is 2. The molecule has 1 aliphatic heterocycles. The molecule has 2 aromatic carbocycles. The Morgan fingerprint density at radius 2 is 1.67 bits per heavy atom. The van der Waals surface area contributed by atoms with Crippen molar-refractivity contribution in [1.82, 2.24) is 10.6 Å². The topological polar surface area (TPSA) is 119 Å². The van der Waals surface area contributed by atoms with E-state index in [1.54, 1.807) is 18.2 Å². The minimum absolute atomic E-state index is 0.0149. The molecule has 0 aliphatic carbocycles. The number of hydrogen-bond donors (Lipinski definition) is 2. The molecule has 0 unspecified atom stereocenters. The second-order valence-corrected chi connectivity index (χ2v) is 10.3. The van der Waals surface area contributed by atoms with Crippen molar-refractivity contribution < 1.29 is 31.5 Å². The van der Waals surface area contributed by atoms with Gasteiger partial charge in [0.15, 0.2) is 11.6 Å². The molecule has 2 amide bonds. The van der Waals surface area contributed by atoms with Gasteiger partial charge in [0.2, 0.25) is 11.7 Å². The van der Waals surface area contributed by atoms with E-state index in [9.17, 15) is 24.0 Å². The lowest BCUT2D eigenvalue weighted by atomic mass is 9.82. The molecule has 3 rings (SSSR count). The van der Waals surface area contributed by atoms with Crippen LogP contribution in [-0.2, 0) is 36.9 Å². The maximum absolute atomic E-state index is 13.5. The van der Waals surface area contributed by atoms with Crippen molar-refractivity contribution in [2.75, 3.05) is 6.54 Å². The minimum atomic E-state index is -2.43. The Morgan fingerprint density at radius 3 is 2.26 bits per heavy atom. The summed E-state index contributed by atoms with van der Waals surface area (Å²) < 4.78 is 21.3. The zero-order valence-corrected chi connectivity index (χ0v) is 22.5. The summed E-state index contributed by atoms with van der Waals surface area (Å²) in [4.78, 5) is 64.7. The largest absolute Gasteiger partial charge is 0.445 e. The van der Waals surface area contributed by atoms with Gasteiger partial charge in [0.05, 0.1) is 8.78 Å². The zero-order valence-electron chi connectivity index (χ0n) is 24.5. The van der Waals surface area contributed by atoms with E-state index in [0.717, 1.165) is 5.56 Å². The Kier molecular flexibility index (Phi) is 10.3. The van der Waals surface area contributed by atoms with Crippen LogP contribution in [0.3, 0.4) is 0 Å². The Hall–Kier alpha value is -3.81. The minimum Gasteiger partial charge on any atom is -0.445 e. The zero-order chi connectivity index (χ0) is 30.0. The molecule has 0 aromatic heterocycles. The smallest absolute Gasteiger partial charge is 0.408 e. The first-order valence-electron chi connectivity index (χ1n) is 14.4. The van der Waals surface area contributed by atoms with Gasteiger partial charge < -0.3 is 15.4 Å². The fourth-order valence-corrected chi connectivity index (χ4v) is 4.66. The Balaban J connectivity index is 1.72. The summed E-state index contributed by atoms with van der Waals surface area (Å²) in [5, 5.41) is 5.19. The fourth-order valence-electron chi connectivity index (χ4n) is 4.66. The van der Waals surface area contributed by atoms with Gasteiger partial charge in [-0.3, -0.25) is 19.2 Å². The molecule has 8 heteroatoms. The second kappa shape index (κ2) is 15.0. The number of nitrogens with one attached hydrogen (secondary N) is 2. The molecule has 0 bridgehead atoms. The molecule has 8 nitrogen and oxygen atoms in total. The van der Waals surface area contributed by atoms with Gasteiger partial charge >= 0.3 is 6.09 Å². The number of alkyl carbamates (subject to hydrolysis) is 1. The van der Waals surface area contributed by atoms with E-state index in [0.29, 0.717) is 19.4 Å². The van der Waals surface area contributed by atoms with Gasteiger partial charge in [-0.25, -0.2) is 4.79 Å². The molecule has 1 fully saturated rings. The van der Waals surface area contributed by atoms with Crippen LogP contribution in [0.4, 0.5) is 4.79 Å². The number of benzene rings is 2. The van der Waals surface area contributed by atoms with Gasteiger partial charge in [-0.1, -0.05) is 74.5 Å². The predicted molar refractivity (Wildman–Crippen MR) is 147 cm³/mol. The second-order valence-electron chi connectivity index (χ2n) is 10.3. The number of aryl methyl sites for hydroxylation is 1. The number of ketones is 3. The third-order valence-electron chi connectivity index (χ3n) is 6.73. The third kappa shape index (κ3) is 9.78. The number of hydrogen-bond acceptors (Lipinski definition) is 6. The summed E-state index contributed by atoms with van der Waals surface area (Å²) in [6.07, 6.45) is -0.304. The normalized spacial score (nSPS) is 17.4. The number of Topliss-reactive ketones (excluding diaryl/α,β-unsaturated/α-hetero) is 3. The number of carbonyl (C=O) groups is 5. The van der Waals surface area contributed by atoms with Crippen LogP contribution in [0, 0.1) is 17.8 Å². The molecule has 0 radical (unpaired) electrons. The summed E-state index contributed by atoms with van der Waals surface area (Å²) in [6, 6.07) is 16.1. The average Bonchev–Trinajstić information content (AvgIpc) is 3.35. The highest BCUT2D eigenvalue weighted by Crippen LogP contribution is 2.25. The SMILES string of the molecule is [2H]C([2H])(OC(=O)N[C@@H](CC(C)C)C(=O)C[C@@H](C[C@@H]1CCNC1=O)C(=O)C(=O)CCc1ccccc1)c1ccccc1. The maximum Gasteiger partial charge on any atom is 0.408 e. The monoisotopic (exact) mass is 536 g/mol. The molecule has 2 aromatic rings. The summed E-state index contributed by atoms with van der Waals surface area (Å²) in [5.41, 5.74) is 1.04. The summed E-state index contributed by atoms with van der Waals surface area (Å²) in [7, 11) is 0. The molecular weight excluding hydrogens is 496 g/mol. The van der Waals surface area contributed by atoms with Crippen molar-refractivity contribution in [2.24, 2.45) is 17.8 Å². The van der Waals surface area contributed by atoms with Crippen molar-refractivity contribution in [3.63, 3.8) is 0 Å². The third-order valence-corrected chi connectivity index (χ3v) is 6.73. The lowest BCUT2D eigenvalue weighted by molar-refractivity contribution is -0.141. The van der Waals surface area contributed by atoms with Gasteiger partial charge in [0.25, 0.3) is 0 Å². The van der Waals surface area contributed by atoms with Crippen molar-refractivity contribution in [3.05, 3.63) is 71.8 Å². The summed E-state index contributed by atoms with van der Waals surface area (Å²) in [5.74, 6) is -3.52. The number of carbonyl (C=O) groups excluding carboxylic acids is 5. The van der Waals surface area contributed by atoms with Gasteiger partial charge in [0.1, 0.15) is 6.56 Å². The van der Waals surface area contributed by atoms with Crippen molar-refractivity contribution in [2.45, 2.75) is 65.0 Å². The lowest BCUT2D eigenvalue weighted by Crippen LogP contribution is -2.43. The molecular formula is C31H38N2O6. The first-order chi connectivity index (χ1) is 19.5. The number of ether oxygens (including phenoxy) is 1. The van der Waals surface area contributed by atoms with E-state index in [1.807, 2.05) is 44.2 Å². The first-order valence-corrected chi connectivity index (χ1v) is 13.4. The standard InChI is InChI=1S/C31H38N2O6/c1-21(2)17-26(33-31(38)39-20-23-11-7-4-8-12-23)28(35)19-25(18-24-15-16-32-30(24)37)29(36)27(34)14-13-22-9-5-3-6-10-22/h3-12,21,24-26H,13-20H2,1-2H3,(H,32,37)(H,33,38)/t24-,25+,26-/m0/s1/i20D2. The molecule has 39 heavy (non-hydrogen) atoms. The molecule has 0 spiro atoms. The van der Waals surface area contributed by atoms with Gasteiger partial charge in [-0.05, 0) is 42.7 Å². The van der Waals surface area contributed by atoms with Crippen LogP contribution in [0.15, 0.2) is 60.7 Å². The molecule has 3 atom stereocenters. The average molecular weight is 537 g/mol. The molecule has 1 saturated heterocycles. The van der Waals surface area contributed by atoms with Crippen LogP contribution >= 0.6 is 0 Å². The highest BCUT2D eigenvalue weighted by Gasteiger charge is 2.35. The Morgan fingerprint density at radius 1 is 1.03 bits per heavy atom. The highest BCUT2D eigenvalue weighted by molar-refractivity contribution is 6.38. The van der Waals surface area contributed by atoms with E-state index in [1.165, 1.54) is 12.1 Å². The van der Waals surface area contributed by atoms with Crippen LogP contribution in [-0.4, -0.2) is 41.9 Å². The lowest BCUT2D eigenvalue weighted by Gasteiger charge is -2.23. The van der Waals surface area contributed by atoms with Crippen LogP contribution in [0.5, 0.6) is 0 Å². The van der Waals surface area contributed by atoms with Crippen molar-refractivity contribution in [1.29, 1.82) is 0 Å². The first kappa shape index (κ1) is 26.8. The van der Waals surface area contributed by atoms with E-state index < -0.39 is 47.9 Å². The van der Waals surface area contributed by atoms with Crippen LogP contribution in [0.25, 0.3) is 0 Å².